The molecule has 0 aliphatic rings. The Morgan fingerprint density at radius 2 is 1.39 bits per heavy atom. The summed E-state index contributed by atoms with van der Waals surface area (Å²) in [5.41, 5.74) is 1.28. The van der Waals surface area contributed by atoms with E-state index in [2.05, 4.69) is 15.4 Å². The topological polar surface area (TPSA) is 120 Å². The Morgan fingerprint density at radius 3 is 2.03 bits per heavy atom. The van der Waals surface area contributed by atoms with E-state index < -0.39 is 24.5 Å². The van der Waals surface area contributed by atoms with Crippen molar-refractivity contribution in [2.45, 2.75) is 12.8 Å². The van der Waals surface area contributed by atoms with Crippen LogP contribution in [0, 0.1) is 0 Å². The van der Waals surface area contributed by atoms with Gasteiger partial charge in [-0.1, -0.05) is 23.7 Å². The van der Waals surface area contributed by atoms with E-state index in [-0.39, 0.29) is 18.7 Å². The lowest BCUT2D eigenvalue weighted by Gasteiger charge is -2.09. The number of para-hydroxylation sites is 1. The molecule has 0 aromatic heterocycles. The maximum absolute atomic E-state index is 12.1. The summed E-state index contributed by atoms with van der Waals surface area (Å²) in [6.07, 6.45) is -0.312. The fourth-order valence-electron chi connectivity index (χ4n) is 2.92. The van der Waals surface area contributed by atoms with Gasteiger partial charge in [0.1, 0.15) is 11.5 Å². The first kappa shape index (κ1) is 26.2. The maximum Gasteiger partial charge on any atom is 0.337 e. The molecule has 3 aromatic carbocycles. The molecule has 2 N–H and O–H groups in total. The number of carbonyl (C=O) groups is 4. The first-order valence-corrected chi connectivity index (χ1v) is 11.2. The third-order valence-corrected chi connectivity index (χ3v) is 5.02. The molecule has 0 saturated carbocycles. The van der Waals surface area contributed by atoms with Crippen LogP contribution >= 0.6 is 11.6 Å². The van der Waals surface area contributed by atoms with Crippen LogP contribution in [-0.4, -0.2) is 37.5 Å². The van der Waals surface area contributed by atoms with Gasteiger partial charge in [0.05, 0.1) is 24.1 Å². The monoisotopic (exact) mass is 510 g/mol. The smallest absolute Gasteiger partial charge is 0.337 e. The van der Waals surface area contributed by atoms with E-state index >= 15 is 0 Å². The van der Waals surface area contributed by atoms with Crippen LogP contribution in [0.2, 0.25) is 5.02 Å². The van der Waals surface area contributed by atoms with Crippen molar-refractivity contribution in [2.24, 2.45) is 0 Å². The number of methoxy groups -OCH3 is 1. The standard InChI is InChI=1S/C26H23ClN2O7/c1-34-26(33)17-6-8-18(9-7-17)29-24(31)16-35-25(32)15-14-23(30)28-19-10-12-20(13-11-19)36-22-5-3-2-4-21(22)27/h2-13H,14-16H2,1H3,(H,28,30)(H,29,31). The van der Waals surface area contributed by atoms with Crippen molar-refractivity contribution in [1.29, 1.82) is 0 Å². The normalized spacial score (nSPS) is 10.2. The Kier molecular flexibility index (Phi) is 9.41. The minimum absolute atomic E-state index is 0.118. The fourth-order valence-corrected chi connectivity index (χ4v) is 3.10. The van der Waals surface area contributed by atoms with Crippen molar-refractivity contribution in [3.05, 3.63) is 83.4 Å². The number of esters is 2. The molecule has 0 heterocycles. The Hall–Kier alpha value is -4.37. The highest BCUT2D eigenvalue weighted by Gasteiger charge is 2.12. The molecule has 36 heavy (non-hydrogen) atoms. The van der Waals surface area contributed by atoms with Crippen molar-refractivity contribution >= 4 is 46.7 Å². The van der Waals surface area contributed by atoms with E-state index in [4.69, 9.17) is 21.1 Å². The van der Waals surface area contributed by atoms with Gasteiger partial charge in [-0.05, 0) is 60.7 Å². The SMILES string of the molecule is COC(=O)c1ccc(NC(=O)COC(=O)CCC(=O)Nc2ccc(Oc3ccccc3Cl)cc2)cc1. The number of benzene rings is 3. The second kappa shape index (κ2) is 12.9. The molecule has 0 fully saturated rings. The number of rotatable bonds is 10. The number of hydrogen-bond acceptors (Lipinski definition) is 7. The van der Waals surface area contributed by atoms with Gasteiger partial charge >= 0.3 is 11.9 Å². The van der Waals surface area contributed by atoms with Gasteiger partial charge in [0.25, 0.3) is 5.91 Å². The van der Waals surface area contributed by atoms with Gasteiger partial charge in [-0.15, -0.1) is 0 Å². The Balaban J connectivity index is 1.36. The predicted molar refractivity (Wildman–Crippen MR) is 133 cm³/mol. The Morgan fingerprint density at radius 1 is 0.778 bits per heavy atom. The van der Waals surface area contributed by atoms with Crippen LogP contribution in [0.4, 0.5) is 11.4 Å². The van der Waals surface area contributed by atoms with Crippen LogP contribution in [0.3, 0.4) is 0 Å². The first-order chi connectivity index (χ1) is 17.3. The predicted octanol–water partition coefficient (Wildman–Crippen LogP) is 4.82. The van der Waals surface area contributed by atoms with Crippen LogP contribution in [0.1, 0.15) is 23.2 Å². The number of nitrogens with one attached hydrogen (secondary N) is 2. The number of halogens is 1. The lowest BCUT2D eigenvalue weighted by Crippen LogP contribution is -2.21. The van der Waals surface area contributed by atoms with Gasteiger partial charge in [0.2, 0.25) is 5.91 Å². The molecular weight excluding hydrogens is 488 g/mol. The van der Waals surface area contributed by atoms with Crippen molar-refractivity contribution in [1.82, 2.24) is 0 Å². The Bertz CT molecular complexity index is 1230. The molecule has 9 nitrogen and oxygen atoms in total. The summed E-state index contributed by atoms with van der Waals surface area (Å²) >= 11 is 6.07. The summed E-state index contributed by atoms with van der Waals surface area (Å²) in [7, 11) is 1.27. The number of hydrogen-bond donors (Lipinski definition) is 2. The average Bonchev–Trinajstić information content (AvgIpc) is 2.88. The highest BCUT2D eigenvalue weighted by molar-refractivity contribution is 6.32. The molecule has 0 saturated heterocycles. The summed E-state index contributed by atoms with van der Waals surface area (Å²) in [5, 5.41) is 5.69. The van der Waals surface area contributed by atoms with E-state index in [1.165, 1.54) is 31.4 Å². The highest BCUT2D eigenvalue weighted by Crippen LogP contribution is 2.29. The summed E-state index contributed by atoms with van der Waals surface area (Å²) in [6.45, 7) is -0.508. The molecule has 186 valence electrons. The average molecular weight is 511 g/mol. The van der Waals surface area contributed by atoms with Crippen LogP contribution in [0.25, 0.3) is 0 Å². The quantitative estimate of drug-likeness (QED) is 0.375. The molecular formula is C26H23ClN2O7. The molecule has 3 aromatic rings. The van der Waals surface area contributed by atoms with Crippen molar-refractivity contribution in [3.8, 4) is 11.5 Å². The van der Waals surface area contributed by atoms with Gasteiger partial charge in [-0.2, -0.15) is 0 Å². The minimum atomic E-state index is -0.690. The van der Waals surface area contributed by atoms with Gasteiger partial charge in [-0.25, -0.2) is 4.79 Å². The lowest BCUT2D eigenvalue weighted by molar-refractivity contribution is -0.147. The molecule has 0 bridgehead atoms. The molecule has 0 spiro atoms. The second-order valence-electron chi connectivity index (χ2n) is 7.38. The van der Waals surface area contributed by atoms with E-state index in [9.17, 15) is 19.2 Å². The highest BCUT2D eigenvalue weighted by atomic mass is 35.5. The van der Waals surface area contributed by atoms with E-state index in [0.717, 1.165) is 0 Å². The number of ether oxygens (including phenoxy) is 3. The molecule has 0 atom stereocenters. The zero-order valence-electron chi connectivity index (χ0n) is 19.3. The van der Waals surface area contributed by atoms with Gasteiger partial charge in [-0.3, -0.25) is 14.4 Å². The third kappa shape index (κ3) is 8.14. The first-order valence-electron chi connectivity index (χ1n) is 10.8. The Labute approximate surface area is 212 Å². The second-order valence-corrected chi connectivity index (χ2v) is 7.79. The number of anilines is 2. The maximum atomic E-state index is 12.1. The van der Waals surface area contributed by atoms with Crippen LogP contribution in [0.5, 0.6) is 11.5 Å². The van der Waals surface area contributed by atoms with Crippen molar-refractivity contribution in [3.63, 3.8) is 0 Å². The summed E-state index contributed by atoms with van der Waals surface area (Å²) < 4.78 is 15.2. The summed E-state index contributed by atoms with van der Waals surface area (Å²) in [5.74, 6) is -1.07. The minimum Gasteiger partial charge on any atom is -0.465 e. The van der Waals surface area contributed by atoms with E-state index in [1.807, 2.05) is 0 Å². The molecule has 0 radical (unpaired) electrons. The molecule has 10 heteroatoms. The van der Waals surface area contributed by atoms with Crippen LogP contribution in [-0.2, 0) is 23.9 Å². The lowest BCUT2D eigenvalue weighted by atomic mass is 10.2. The molecule has 0 aliphatic carbocycles. The van der Waals surface area contributed by atoms with Crippen molar-refractivity contribution in [2.75, 3.05) is 24.4 Å². The van der Waals surface area contributed by atoms with Crippen LogP contribution in [0.15, 0.2) is 72.8 Å². The van der Waals surface area contributed by atoms with Crippen molar-refractivity contribution < 1.29 is 33.4 Å². The van der Waals surface area contributed by atoms with E-state index in [1.54, 1.807) is 48.5 Å². The van der Waals surface area contributed by atoms with E-state index in [0.29, 0.717) is 33.5 Å². The summed E-state index contributed by atoms with van der Waals surface area (Å²) in [4.78, 5) is 47.4. The molecule has 0 unspecified atom stereocenters. The molecule has 2 amide bonds. The van der Waals surface area contributed by atoms with Gasteiger partial charge in [0, 0.05) is 17.8 Å². The third-order valence-electron chi connectivity index (χ3n) is 4.71. The zero-order valence-corrected chi connectivity index (χ0v) is 20.0. The number of amides is 2. The van der Waals surface area contributed by atoms with Gasteiger partial charge in [0.15, 0.2) is 6.61 Å². The summed E-state index contributed by atoms with van der Waals surface area (Å²) in [6, 6.07) is 19.7. The fraction of sp³-hybridized carbons (Fsp3) is 0.154. The van der Waals surface area contributed by atoms with Crippen LogP contribution < -0.4 is 15.4 Å². The zero-order chi connectivity index (χ0) is 25.9. The largest absolute Gasteiger partial charge is 0.465 e. The number of carbonyl (C=O) groups excluding carboxylic acids is 4. The molecule has 0 aliphatic heterocycles. The van der Waals surface area contributed by atoms with Gasteiger partial charge < -0.3 is 24.8 Å². The molecule has 3 rings (SSSR count).